The highest BCUT2D eigenvalue weighted by Crippen LogP contribution is 2.18. The van der Waals surface area contributed by atoms with Gasteiger partial charge in [0.2, 0.25) is 5.91 Å². The molecule has 0 aromatic rings. The second-order valence-electron chi connectivity index (χ2n) is 4.64. The van der Waals surface area contributed by atoms with E-state index in [0.717, 1.165) is 12.8 Å². The third-order valence-electron chi connectivity index (χ3n) is 3.35. The first-order valence-electron chi connectivity index (χ1n) is 5.93. The lowest BCUT2D eigenvalue weighted by atomic mass is 9.95. The Balaban J connectivity index is 0.00000128. The zero-order valence-corrected chi connectivity index (χ0v) is 10.2. The molecule has 2 fully saturated rings. The second kappa shape index (κ2) is 6.40. The van der Waals surface area contributed by atoms with Crippen molar-refractivity contribution in [3.05, 3.63) is 0 Å². The van der Waals surface area contributed by atoms with Crippen LogP contribution in [0.2, 0.25) is 0 Å². The summed E-state index contributed by atoms with van der Waals surface area (Å²) in [6.07, 6.45) is 5.32. The van der Waals surface area contributed by atoms with E-state index in [4.69, 9.17) is 0 Å². The minimum atomic E-state index is -0.855. The molecule has 5 heteroatoms. The second-order valence-corrected chi connectivity index (χ2v) is 4.64. The van der Waals surface area contributed by atoms with E-state index >= 15 is 0 Å². The molecule has 1 saturated carbocycles. The van der Waals surface area contributed by atoms with E-state index in [1.807, 2.05) is 0 Å². The van der Waals surface area contributed by atoms with Crippen molar-refractivity contribution < 1.29 is 9.18 Å². The van der Waals surface area contributed by atoms with E-state index in [0.29, 0.717) is 19.0 Å². The van der Waals surface area contributed by atoms with Crippen molar-refractivity contribution >= 4 is 18.3 Å². The van der Waals surface area contributed by atoms with Crippen LogP contribution in [-0.4, -0.2) is 30.7 Å². The van der Waals surface area contributed by atoms with Gasteiger partial charge in [0.15, 0.2) is 0 Å². The molecular weight excluding hydrogens is 231 g/mol. The number of rotatable bonds is 2. The first-order chi connectivity index (χ1) is 7.25. The molecule has 0 unspecified atom stereocenters. The first kappa shape index (κ1) is 13.7. The fourth-order valence-corrected chi connectivity index (χ4v) is 2.44. The Morgan fingerprint density at radius 1 is 1.25 bits per heavy atom. The standard InChI is InChI=1S/C11H19FN2O.ClH/c12-8-6-10(13-7-8)11(15)14-9-4-2-1-3-5-9;/h8-10,13H,1-7H2,(H,14,15);1H/t8-,10+;/m0./s1. The van der Waals surface area contributed by atoms with Crippen LogP contribution in [0.5, 0.6) is 0 Å². The van der Waals surface area contributed by atoms with Crippen molar-refractivity contribution in [3.8, 4) is 0 Å². The van der Waals surface area contributed by atoms with Crippen molar-refractivity contribution in [1.29, 1.82) is 0 Å². The Morgan fingerprint density at radius 2 is 1.94 bits per heavy atom. The third-order valence-corrected chi connectivity index (χ3v) is 3.35. The molecule has 0 radical (unpaired) electrons. The summed E-state index contributed by atoms with van der Waals surface area (Å²) in [6, 6.07) is 0.0219. The topological polar surface area (TPSA) is 41.1 Å². The van der Waals surface area contributed by atoms with Gasteiger partial charge in [-0.2, -0.15) is 0 Å². The maximum Gasteiger partial charge on any atom is 0.237 e. The minimum absolute atomic E-state index is 0. The Labute approximate surface area is 102 Å². The predicted octanol–water partition coefficient (Wildman–Crippen LogP) is 1.56. The fraction of sp³-hybridized carbons (Fsp3) is 0.909. The van der Waals surface area contributed by atoms with E-state index in [1.54, 1.807) is 0 Å². The SMILES string of the molecule is Cl.O=C(NC1CCCCC1)[C@H]1C[C@H](F)CN1. The van der Waals surface area contributed by atoms with Crippen LogP contribution in [0.25, 0.3) is 0 Å². The van der Waals surface area contributed by atoms with E-state index in [-0.39, 0.29) is 24.4 Å². The first-order valence-corrected chi connectivity index (χ1v) is 5.93. The molecule has 0 aromatic carbocycles. The molecule has 1 saturated heterocycles. The summed E-state index contributed by atoms with van der Waals surface area (Å²) in [4.78, 5) is 11.7. The van der Waals surface area contributed by atoms with Crippen LogP contribution in [0.15, 0.2) is 0 Å². The summed E-state index contributed by atoms with van der Waals surface area (Å²) in [5.41, 5.74) is 0. The van der Waals surface area contributed by atoms with Crippen LogP contribution in [-0.2, 0) is 4.79 Å². The monoisotopic (exact) mass is 250 g/mol. The molecule has 2 atom stereocenters. The van der Waals surface area contributed by atoms with Crippen LogP contribution in [0.4, 0.5) is 4.39 Å². The van der Waals surface area contributed by atoms with Crippen LogP contribution in [0.3, 0.4) is 0 Å². The number of carbonyl (C=O) groups excluding carboxylic acids is 1. The van der Waals surface area contributed by atoms with E-state index in [1.165, 1.54) is 19.3 Å². The Hall–Kier alpha value is -0.350. The summed E-state index contributed by atoms with van der Waals surface area (Å²) >= 11 is 0. The maximum absolute atomic E-state index is 12.9. The molecule has 0 bridgehead atoms. The predicted molar refractivity (Wildman–Crippen MR) is 63.6 cm³/mol. The van der Waals surface area contributed by atoms with Gasteiger partial charge in [0, 0.05) is 19.0 Å². The largest absolute Gasteiger partial charge is 0.352 e. The molecule has 1 amide bonds. The number of nitrogens with one attached hydrogen (secondary N) is 2. The van der Waals surface area contributed by atoms with E-state index in [9.17, 15) is 9.18 Å². The van der Waals surface area contributed by atoms with Gasteiger partial charge < -0.3 is 10.6 Å². The van der Waals surface area contributed by atoms with Gasteiger partial charge in [-0.15, -0.1) is 12.4 Å². The molecule has 2 N–H and O–H groups in total. The van der Waals surface area contributed by atoms with Crippen LogP contribution in [0, 0.1) is 0 Å². The molecule has 3 nitrogen and oxygen atoms in total. The van der Waals surface area contributed by atoms with Gasteiger partial charge >= 0.3 is 0 Å². The lowest BCUT2D eigenvalue weighted by Gasteiger charge is -2.24. The van der Waals surface area contributed by atoms with Gasteiger partial charge in [0.05, 0.1) is 6.04 Å². The summed E-state index contributed by atoms with van der Waals surface area (Å²) in [7, 11) is 0. The van der Waals surface area contributed by atoms with Crippen molar-refractivity contribution in [2.24, 2.45) is 0 Å². The molecular formula is C11H20ClFN2O. The third kappa shape index (κ3) is 3.59. The van der Waals surface area contributed by atoms with Gasteiger partial charge in [0.25, 0.3) is 0 Å². The van der Waals surface area contributed by atoms with Gasteiger partial charge in [-0.25, -0.2) is 4.39 Å². The Bertz CT molecular complexity index is 234. The summed E-state index contributed by atoms with van der Waals surface area (Å²) in [5.74, 6) is -0.0120. The molecule has 94 valence electrons. The minimum Gasteiger partial charge on any atom is -0.352 e. The van der Waals surface area contributed by atoms with Crippen molar-refractivity contribution in [2.75, 3.05) is 6.54 Å². The van der Waals surface area contributed by atoms with Crippen LogP contribution >= 0.6 is 12.4 Å². The average molecular weight is 251 g/mol. The molecule has 2 aliphatic rings. The molecule has 1 aliphatic carbocycles. The zero-order valence-electron chi connectivity index (χ0n) is 9.38. The molecule has 0 aromatic heterocycles. The molecule has 16 heavy (non-hydrogen) atoms. The quantitative estimate of drug-likeness (QED) is 0.781. The Kier molecular flexibility index (Phi) is 5.49. The molecule has 2 rings (SSSR count). The summed E-state index contributed by atoms with van der Waals surface area (Å²) in [6.45, 7) is 0.322. The number of alkyl halides is 1. The highest BCUT2D eigenvalue weighted by atomic mass is 35.5. The number of halogens is 2. The number of carbonyl (C=O) groups is 1. The fourth-order valence-electron chi connectivity index (χ4n) is 2.44. The smallest absolute Gasteiger partial charge is 0.237 e. The normalized spacial score (nSPS) is 30.8. The van der Waals surface area contributed by atoms with Gasteiger partial charge in [-0.3, -0.25) is 4.79 Å². The van der Waals surface area contributed by atoms with Gasteiger partial charge in [0.1, 0.15) is 6.17 Å². The molecule has 1 aliphatic heterocycles. The number of hydrogen-bond acceptors (Lipinski definition) is 2. The van der Waals surface area contributed by atoms with Gasteiger partial charge in [-0.05, 0) is 12.8 Å². The lowest BCUT2D eigenvalue weighted by Crippen LogP contribution is -2.45. The van der Waals surface area contributed by atoms with Crippen LogP contribution < -0.4 is 10.6 Å². The summed E-state index contributed by atoms with van der Waals surface area (Å²) < 4.78 is 12.9. The Morgan fingerprint density at radius 3 is 2.50 bits per heavy atom. The van der Waals surface area contributed by atoms with E-state index in [2.05, 4.69) is 10.6 Å². The summed E-state index contributed by atoms with van der Waals surface area (Å²) in [5, 5.41) is 5.92. The van der Waals surface area contributed by atoms with Crippen LogP contribution in [0.1, 0.15) is 38.5 Å². The van der Waals surface area contributed by atoms with Crippen molar-refractivity contribution in [2.45, 2.75) is 56.8 Å². The average Bonchev–Trinajstić information content (AvgIpc) is 2.66. The molecule has 0 spiro atoms. The van der Waals surface area contributed by atoms with Crippen molar-refractivity contribution in [1.82, 2.24) is 10.6 Å². The molecule has 1 heterocycles. The van der Waals surface area contributed by atoms with Gasteiger partial charge in [-0.1, -0.05) is 19.3 Å². The number of amides is 1. The van der Waals surface area contributed by atoms with Crippen molar-refractivity contribution in [3.63, 3.8) is 0 Å². The number of hydrogen-bond donors (Lipinski definition) is 2. The zero-order chi connectivity index (χ0) is 10.7. The highest BCUT2D eigenvalue weighted by Gasteiger charge is 2.30. The maximum atomic E-state index is 12.9. The van der Waals surface area contributed by atoms with E-state index < -0.39 is 6.17 Å². The highest BCUT2D eigenvalue weighted by molar-refractivity contribution is 5.85. The lowest BCUT2D eigenvalue weighted by molar-refractivity contribution is -0.123.